The lowest BCUT2D eigenvalue weighted by Gasteiger charge is -2.30. The summed E-state index contributed by atoms with van der Waals surface area (Å²) in [5.41, 5.74) is 10.1. The Morgan fingerprint density at radius 2 is 1.00 bits per heavy atom. The summed E-state index contributed by atoms with van der Waals surface area (Å²) in [4.78, 5) is 72.1. The average Bonchev–Trinajstić information content (AvgIpc) is 4.17. The van der Waals surface area contributed by atoms with Gasteiger partial charge in [0.15, 0.2) is 23.3 Å². The van der Waals surface area contributed by atoms with E-state index < -0.39 is 47.5 Å². The molecule has 2 aromatic heterocycles. The van der Waals surface area contributed by atoms with Gasteiger partial charge in [0.1, 0.15) is 0 Å². The van der Waals surface area contributed by atoms with E-state index in [1.54, 1.807) is 0 Å². The Bertz CT molecular complexity index is 1880. The van der Waals surface area contributed by atoms with Gasteiger partial charge in [0.05, 0.1) is 11.8 Å². The molecule has 4 amide bonds. The van der Waals surface area contributed by atoms with Crippen molar-refractivity contribution in [3.8, 4) is 0 Å². The number of hydrogen-bond donors (Lipinski definition) is 8. The molecule has 2 aliphatic carbocycles. The second kappa shape index (κ2) is 28.3. The van der Waals surface area contributed by atoms with E-state index in [1.807, 2.05) is 23.9 Å². The van der Waals surface area contributed by atoms with Gasteiger partial charge in [0.25, 0.3) is 0 Å². The zero-order valence-electron chi connectivity index (χ0n) is 41.1. The molecular formula is C46H74Cl2F2N14O6. The first-order valence-corrected chi connectivity index (χ1v) is 25.7. The van der Waals surface area contributed by atoms with Gasteiger partial charge >= 0.3 is 12.2 Å². The lowest BCUT2D eigenvalue weighted by Crippen LogP contribution is -2.42. The highest BCUT2D eigenvalue weighted by atomic mass is 35.5. The average molecular weight is 1030 g/mol. The summed E-state index contributed by atoms with van der Waals surface area (Å²) in [6.07, 6.45) is 13.1. The van der Waals surface area contributed by atoms with E-state index in [2.05, 4.69) is 75.9 Å². The van der Waals surface area contributed by atoms with Gasteiger partial charge < -0.3 is 40.4 Å². The summed E-state index contributed by atoms with van der Waals surface area (Å²) in [5, 5.41) is 22.3. The van der Waals surface area contributed by atoms with Gasteiger partial charge in [-0.2, -0.15) is 28.7 Å². The minimum Gasteiger partial charge on any atom is -0.465 e. The van der Waals surface area contributed by atoms with Gasteiger partial charge in [-0.15, -0.1) is 0 Å². The number of rotatable bonds is 24. The molecule has 0 radical (unpaired) electrons. The molecule has 4 atom stereocenters. The number of amides is 4. The number of hydrazine groups is 2. The smallest absolute Gasteiger partial charge is 0.404 e. The molecule has 70 heavy (non-hydrogen) atoms. The van der Waals surface area contributed by atoms with Gasteiger partial charge in [0, 0.05) is 51.4 Å². The Morgan fingerprint density at radius 3 is 1.34 bits per heavy atom. The van der Waals surface area contributed by atoms with Crippen LogP contribution in [0.1, 0.15) is 117 Å². The minimum atomic E-state index is -1.19. The van der Waals surface area contributed by atoms with E-state index in [1.165, 1.54) is 0 Å². The second-order valence-electron chi connectivity index (χ2n) is 19.2. The molecule has 4 aliphatic rings. The van der Waals surface area contributed by atoms with Crippen LogP contribution in [0.4, 0.5) is 41.6 Å². The van der Waals surface area contributed by atoms with Crippen LogP contribution >= 0.6 is 23.2 Å². The highest BCUT2D eigenvalue weighted by Crippen LogP contribution is 2.34. The summed E-state index contributed by atoms with van der Waals surface area (Å²) in [6, 6.07) is 0.208. The molecule has 0 aromatic carbocycles. The standard InChI is InChI=1S/2C23H37ClFN7O3/c2*1-3-10-31(2)14-17-9-6-11-32(17)20-18(25)19(27-22(24)28-20)29-30-21(33)16(13-26-23(34)35)12-15-7-4-5-8-15/h2*15-17,26H,3-14H2,1-2H3,(H,30,33)(H,34,35)(H,27,28,29)/t2*16-,17+/m11/s1. The molecule has 2 saturated carbocycles. The molecule has 0 bridgehead atoms. The van der Waals surface area contributed by atoms with E-state index in [0.717, 1.165) is 116 Å². The topological polar surface area (TPSA) is 245 Å². The normalized spacial score (nSPS) is 19.2. The van der Waals surface area contributed by atoms with Gasteiger partial charge in [-0.3, -0.25) is 31.3 Å². The van der Waals surface area contributed by atoms with Crippen LogP contribution in [-0.4, -0.2) is 142 Å². The molecule has 20 nitrogen and oxygen atoms in total. The molecule has 8 N–H and O–H groups in total. The Kier molecular flexibility index (Phi) is 22.7. The van der Waals surface area contributed by atoms with Crippen LogP contribution in [0.3, 0.4) is 0 Å². The van der Waals surface area contributed by atoms with Crippen LogP contribution < -0.4 is 42.1 Å². The van der Waals surface area contributed by atoms with E-state index in [-0.39, 0.29) is 59.0 Å². The third-order valence-corrected chi connectivity index (χ3v) is 14.0. The lowest BCUT2D eigenvalue weighted by atomic mass is 9.92. The molecule has 6 rings (SSSR count). The third kappa shape index (κ3) is 17.2. The van der Waals surface area contributed by atoms with E-state index in [4.69, 9.17) is 33.4 Å². The maximum atomic E-state index is 15.5. The second-order valence-corrected chi connectivity index (χ2v) is 19.9. The highest BCUT2D eigenvalue weighted by Gasteiger charge is 2.34. The predicted molar refractivity (Wildman–Crippen MR) is 266 cm³/mol. The first kappa shape index (κ1) is 56.1. The Balaban J connectivity index is 0.000000261. The Hall–Kier alpha value is -4.80. The molecule has 2 saturated heterocycles. The molecule has 4 fully saturated rings. The maximum Gasteiger partial charge on any atom is 0.404 e. The van der Waals surface area contributed by atoms with Crippen molar-refractivity contribution in [2.24, 2.45) is 23.7 Å². The summed E-state index contributed by atoms with van der Waals surface area (Å²) in [6.45, 7) is 9.00. The molecule has 0 spiro atoms. The van der Waals surface area contributed by atoms with Crippen molar-refractivity contribution in [1.82, 2.24) is 51.2 Å². The van der Waals surface area contributed by atoms with Crippen molar-refractivity contribution in [1.29, 1.82) is 0 Å². The highest BCUT2D eigenvalue weighted by molar-refractivity contribution is 6.28. The fourth-order valence-electron chi connectivity index (χ4n) is 10.4. The number of carboxylic acid groups (broad SMARTS) is 2. The van der Waals surface area contributed by atoms with E-state index in [9.17, 15) is 19.2 Å². The van der Waals surface area contributed by atoms with Crippen LogP contribution in [0.25, 0.3) is 0 Å². The number of likely N-dealkylation sites (N-methyl/N-ethyl adjacent to an activating group) is 2. The van der Waals surface area contributed by atoms with Gasteiger partial charge in [-0.1, -0.05) is 65.2 Å². The van der Waals surface area contributed by atoms with Gasteiger partial charge in [-0.05, 0) is 114 Å². The summed E-state index contributed by atoms with van der Waals surface area (Å²) < 4.78 is 30.9. The fraction of sp³-hybridized carbons (Fsp3) is 0.739. The molecule has 2 aromatic rings. The molecule has 392 valence electrons. The van der Waals surface area contributed by atoms with Gasteiger partial charge in [-0.25, -0.2) is 9.59 Å². The lowest BCUT2D eigenvalue weighted by molar-refractivity contribution is -0.125. The van der Waals surface area contributed by atoms with Crippen LogP contribution in [0.2, 0.25) is 10.6 Å². The quantitative estimate of drug-likeness (QED) is 0.0391. The van der Waals surface area contributed by atoms with E-state index in [0.29, 0.717) is 37.8 Å². The van der Waals surface area contributed by atoms with Crippen LogP contribution in [-0.2, 0) is 9.59 Å². The van der Waals surface area contributed by atoms with E-state index >= 15 is 8.78 Å². The largest absolute Gasteiger partial charge is 0.465 e. The first-order valence-electron chi connectivity index (χ1n) is 25.0. The molecular weight excluding hydrogens is 953 g/mol. The summed E-state index contributed by atoms with van der Waals surface area (Å²) >= 11 is 12.3. The van der Waals surface area contributed by atoms with Gasteiger partial charge in [0.2, 0.25) is 34.0 Å². The SMILES string of the molecule is CCCN(C)C[C@@H]1CCCN1c1nc(Cl)nc(NNC(=O)[C@@H](CNC(=O)O)CC2CCCC2)c1F.CCCN(C)C[C@@H]1CCCN1c1nc(Cl)nc(NNC(=O)[C@@H](CNC(=O)O)CC2CCCC2)c1F. The third-order valence-electron chi connectivity index (χ3n) is 13.7. The molecule has 0 unspecified atom stereocenters. The summed E-state index contributed by atoms with van der Waals surface area (Å²) in [7, 11) is 4.10. The predicted octanol–water partition coefficient (Wildman–Crippen LogP) is 6.97. The van der Waals surface area contributed by atoms with Crippen molar-refractivity contribution in [2.45, 2.75) is 129 Å². The van der Waals surface area contributed by atoms with Crippen molar-refractivity contribution in [2.75, 3.05) is 87.1 Å². The van der Waals surface area contributed by atoms with Crippen molar-refractivity contribution < 1.29 is 38.2 Å². The number of aromatic nitrogens is 4. The van der Waals surface area contributed by atoms with Crippen LogP contribution in [0.5, 0.6) is 0 Å². The number of anilines is 4. The number of hydrogen-bond acceptors (Lipinski definition) is 14. The monoisotopic (exact) mass is 1030 g/mol. The Labute approximate surface area is 420 Å². The fourth-order valence-corrected chi connectivity index (χ4v) is 10.7. The van der Waals surface area contributed by atoms with Crippen molar-refractivity contribution >= 4 is 70.5 Å². The Morgan fingerprint density at radius 1 is 0.629 bits per heavy atom. The maximum absolute atomic E-state index is 15.5. The molecule has 2 aliphatic heterocycles. The van der Waals surface area contributed by atoms with Crippen LogP contribution in [0, 0.1) is 35.3 Å². The zero-order chi connectivity index (χ0) is 50.7. The first-order chi connectivity index (χ1) is 33.6. The number of carbonyl (C=O) groups is 4. The zero-order valence-corrected chi connectivity index (χ0v) is 42.6. The number of nitrogens with one attached hydrogen (secondary N) is 6. The van der Waals surface area contributed by atoms with Crippen molar-refractivity contribution in [3.05, 3.63) is 22.2 Å². The molecule has 24 heteroatoms. The minimum absolute atomic E-state index is 0.0155. The molecule has 4 heterocycles. The number of carbonyl (C=O) groups excluding carboxylic acids is 2. The van der Waals surface area contributed by atoms with Crippen LogP contribution in [0.15, 0.2) is 0 Å². The number of halogens is 4. The number of nitrogens with zero attached hydrogens (tertiary/aromatic N) is 8. The van der Waals surface area contributed by atoms with Crippen molar-refractivity contribution in [3.63, 3.8) is 0 Å². The summed E-state index contributed by atoms with van der Waals surface area (Å²) in [5.74, 6) is -2.86.